The molecule has 1 aliphatic heterocycles. The molecule has 0 aromatic heterocycles. The number of rotatable bonds is 11. The molecule has 1 aliphatic rings. The van der Waals surface area contributed by atoms with Gasteiger partial charge in [0.1, 0.15) is 12.3 Å². The number of ether oxygens (including phenoxy) is 3. The molecule has 10 nitrogen and oxygen atoms in total. The minimum atomic E-state index is -0.564. The third kappa shape index (κ3) is 7.75. The van der Waals surface area contributed by atoms with Gasteiger partial charge in [0.25, 0.3) is 17.1 Å². The molecule has 11 heteroatoms. The number of nitrogens with one attached hydrogen (secondary N) is 2. The molecular formula is C32H33N3O7S. The van der Waals surface area contributed by atoms with Crippen LogP contribution in [0, 0.1) is 20.8 Å². The number of hydrogen-bond donors (Lipinski definition) is 2. The van der Waals surface area contributed by atoms with Gasteiger partial charge in [-0.2, -0.15) is 0 Å². The van der Waals surface area contributed by atoms with Crippen molar-refractivity contribution >= 4 is 52.2 Å². The van der Waals surface area contributed by atoms with Gasteiger partial charge in [0.05, 0.1) is 24.3 Å². The van der Waals surface area contributed by atoms with E-state index in [1.807, 2.05) is 45.9 Å². The average molecular weight is 604 g/mol. The standard InChI is InChI=1S/C32H33N3O7S/c1-6-41-24-10-8-7-9-23(24)33-29(37)18-42-25-12-11-22(15-26(25)40-5)16-27-31(38)35(32(39)43-27)17-28(36)34-30-20(3)13-19(2)14-21(30)4/h7-16H,6,17-18H2,1-5H3,(H,33,37)(H,34,36)/b27-16+. The van der Waals surface area contributed by atoms with Crippen molar-refractivity contribution in [1.82, 2.24) is 4.90 Å². The lowest BCUT2D eigenvalue weighted by Gasteiger charge is -2.16. The van der Waals surface area contributed by atoms with Crippen LogP contribution in [0.2, 0.25) is 0 Å². The van der Waals surface area contributed by atoms with Crippen molar-refractivity contribution in [2.24, 2.45) is 0 Å². The molecular weight excluding hydrogens is 570 g/mol. The van der Waals surface area contributed by atoms with Crippen LogP contribution in [-0.2, 0) is 14.4 Å². The highest BCUT2D eigenvalue weighted by Crippen LogP contribution is 2.35. The first-order valence-electron chi connectivity index (χ1n) is 13.5. The highest BCUT2D eigenvalue weighted by atomic mass is 32.2. The fraction of sp³-hybridized carbons (Fsp3) is 0.250. The summed E-state index contributed by atoms with van der Waals surface area (Å²) in [6.07, 6.45) is 1.54. The van der Waals surface area contributed by atoms with Crippen molar-refractivity contribution < 1.29 is 33.4 Å². The Bertz CT molecular complexity index is 1580. The fourth-order valence-electron chi connectivity index (χ4n) is 4.56. The van der Waals surface area contributed by atoms with Gasteiger partial charge >= 0.3 is 0 Å². The Hall–Kier alpha value is -4.77. The molecule has 1 saturated heterocycles. The first-order valence-corrected chi connectivity index (χ1v) is 14.4. The molecule has 0 aliphatic carbocycles. The monoisotopic (exact) mass is 603 g/mol. The van der Waals surface area contributed by atoms with E-state index in [4.69, 9.17) is 14.2 Å². The van der Waals surface area contributed by atoms with E-state index >= 15 is 0 Å². The molecule has 0 atom stereocenters. The van der Waals surface area contributed by atoms with Gasteiger partial charge in [-0.3, -0.25) is 24.1 Å². The number of amides is 4. The maximum Gasteiger partial charge on any atom is 0.294 e. The lowest BCUT2D eigenvalue weighted by atomic mass is 10.1. The highest BCUT2D eigenvalue weighted by Gasteiger charge is 2.36. The lowest BCUT2D eigenvalue weighted by Crippen LogP contribution is -2.36. The number of thioether (sulfide) groups is 1. The predicted molar refractivity (Wildman–Crippen MR) is 167 cm³/mol. The second-order valence-electron chi connectivity index (χ2n) is 9.77. The lowest BCUT2D eigenvalue weighted by molar-refractivity contribution is -0.127. The molecule has 1 fully saturated rings. The van der Waals surface area contributed by atoms with Crippen molar-refractivity contribution in [2.75, 3.05) is 37.5 Å². The zero-order valence-electron chi connectivity index (χ0n) is 24.6. The maximum absolute atomic E-state index is 13.0. The zero-order valence-corrected chi connectivity index (χ0v) is 25.4. The summed E-state index contributed by atoms with van der Waals surface area (Å²) in [6.45, 7) is 7.39. The molecule has 43 heavy (non-hydrogen) atoms. The number of hydrogen-bond acceptors (Lipinski definition) is 8. The van der Waals surface area contributed by atoms with Crippen molar-refractivity contribution in [3.05, 3.63) is 81.8 Å². The Morgan fingerprint density at radius 2 is 1.60 bits per heavy atom. The van der Waals surface area contributed by atoms with Crippen LogP contribution < -0.4 is 24.8 Å². The van der Waals surface area contributed by atoms with E-state index in [0.29, 0.717) is 40.8 Å². The molecule has 3 aromatic rings. The number of nitrogens with zero attached hydrogens (tertiary/aromatic N) is 1. The van der Waals surface area contributed by atoms with E-state index in [0.717, 1.165) is 33.4 Å². The third-order valence-corrected chi connectivity index (χ3v) is 7.33. The summed E-state index contributed by atoms with van der Waals surface area (Å²) in [5, 5.41) is 5.05. The van der Waals surface area contributed by atoms with Gasteiger partial charge in [-0.05, 0) is 86.5 Å². The largest absolute Gasteiger partial charge is 0.493 e. The van der Waals surface area contributed by atoms with Gasteiger partial charge < -0.3 is 24.8 Å². The second-order valence-corrected chi connectivity index (χ2v) is 10.8. The van der Waals surface area contributed by atoms with Gasteiger partial charge in [-0.25, -0.2) is 0 Å². The average Bonchev–Trinajstić information content (AvgIpc) is 3.22. The van der Waals surface area contributed by atoms with Crippen molar-refractivity contribution in [1.29, 1.82) is 0 Å². The van der Waals surface area contributed by atoms with E-state index < -0.39 is 23.6 Å². The number of carbonyl (C=O) groups is 4. The quantitative estimate of drug-likeness (QED) is 0.267. The Morgan fingerprint density at radius 1 is 0.884 bits per heavy atom. The van der Waals surface area contributed by atoms with Crippen LogP contribution in [-0.4, -0.2) is 54.7 Å². The molecule has 1 heterocycles. The first kappa shape index (κ1) is 31.2. The van der Waals surface area contributed by atoms with Gasteiger partial charge in [0, 0.05) is 5.69 Å². The summed E-state index contributed by atoms with van der Waals surface area (Å²) in [6, 6.07) is 15.9. The van der Waals surface area contributed by atoms with Gasteiger partial charge in [0.2, 0.25) is 5.91 Å². The summed E-state index contributed by atoms with van der Waals surface area (Å²) < 4.78 is 16.6. The Balaban J connectivity index is 1.39. The molecule has 0 spiro atoms. The second kappa shape index (κ2) is 13.9. The number of carbonyl (C=O) groups excluding carboxylic acids is 4. The number of anilines is 2. The zero-order chi connectivity index (χ0) is 31.1. The van der Waals surface area contributed by atoms with Crippen LogP contribution in [0.4, 0.5) is 16.2 Å². The number of aryl methyl sites for hydroxylation is 3. The van der Waals surface area contributed by atoms with Crippen molar-refractivity contribution in [3.63, 3.8) is 0 Å². The minimum Gasteiger partial charge on any atom is -0.493 e. The van der Waals surface area contributed by atoms with Crippen LogP contribution in [0.3, 0.4) is 0 Å². The molecule has 0 saturated carbocycles. The number of benzene rings is 3. The van der Waals surface area contributed by atoms with E-state index in [1.165, 1.54) is 7.11 Å². The van der Waals surface area contributed by atoms with Crippen LogP contribution in [0.1, 0.15) is 29.2 Å². The Morgan fingerprint density at radius 3 is 2.30 bits per heavy atom. The summed E-state index contributed by atoms with van der Waals surface area (Å²) in [5.74, 6) is -0.207. The first-order chi connectivity index (χ1) is 20.6. The smallest absolute Gasteiger partial charge is 0.294 e. The molecule has 4 rings (SSSR count). The van der Waals surface area contributed by atoms with Gasteiger partial charge in [0.15, 0.2) is 18.1 Å². The maximum atomic E-state index is 13.0. The number of imide groups is 1. The van der Waals surface area contributed by atoms with Crippen LogP contribution in [0.5, 0.6) is 17.2 Å². The van der Waals surface area contributed by atoms with E-state index in [-0.39, 0.29) is 17.4 Å². The number of para-hydroxylation sites is 2. The van der Waals surface area contributed by atoms with Crippen molar-refractivity contribution in [3.8, 4) is 17.2 Å². The van der Waals surface area contributed by atoms with E-state index in [1.54, 1.807) is 42.5 Å². The molecule has 0 radical (unpaired) electrons. The van der Waals surface area contributed by atoms with E-state index in [9.17, 15) is 19.2 Å². The summed E-state index contributed by atoms with van der Waals surface area (Å²) >= 11 is 0.754. The van der Waals surface area contributed by atoms with Crippen molar-refractivity contribution in [2.45, 2.75) is 27.7 Å². The molecule has 224 valence electrons. The summed E-state index contributed by atoms with van der Waals surface area (Å²) in [5.41, 5.74) is 4.64. The van der Waals surface area contributed by atoms with Crippen LogP contribution in [0.25, 0.3) is 6.08 Å². The topological polar surface area (TPSA) is 123 Å². The highest BCUT2D eigenvalue weighted by molar-refractivity contribution is 8.18. The molecule has 3 aromatic carbocycles. The molecule has 0 unspecified atom stereocenters. The third-order valence-electron chi connectivity index (χ3n) is 6.42. The van der Waals surface area contributed by atoms with Gasteiger partial charge in [-0.1, -0.05) is 35.9 Å². The molecule has 2 N–H and O–H groups in total. The van der Waals surface area contributed by atoms with E-state index in [2.05, 4.69) is 10.6 Å². The normalized spacial score (nSPS) is 13.7. The molecule has 0 bridgehead atoms. The summed E-state index contributed by atoms with van der Waals surface area (Å²) in [7, 11) is 1.45. The number of methoxy groups -OCH3 is 1. The molecule has 4 amide bonds. The SMILES string of the molecule is CCOc1ccccc1NC(=O)COc1ccc(/C=C2/SC(=O)N(CC(=O)Nc3c(C)cc(C)cc3C)C2=O)cc1OC. The Kier molecular flexibility index (Phi) is 10.1. The minimum absolute atomic E-state index is 0.170. The van der Waals surface area contributed by atoms with Crippen LogP contribution >= 0.6 is 11.8 Å². The van der Waals surface area contributed by atoms with Gasteiger partial charge in [-0.15, -0.1) is 0 Å². The predicted octanol–water partition coefficient (Wildman–Crippen LogP) is 5.71. The summed E-state index contributed by atoms with van der Waals surface area (Å²) in [4.78, 5) is 52.0. The fourth-order valence-corrected chi connectivity index (χ4v) is 5.40. The Labute approximate surface area is 254 Å². The van der Waals surface area contributed by atoms with Crippen LogP contribution in [0.15, 0.2) is 59.5 Å².